The minimum absolute atomic E-state index is 0.244. The summed E-state index contributed by atoms with van der Waals surface area (Å²) in [7, 11) is 0. The highest BCUT2D eigenvalue weighted by molar-refractivity contribution is 7.07. The quantitative estimate of drug-likeness (QED) is 0.575. The number of rotatable bonds is 5. The predicted molar refractivity (Wildman–Crippen MR) is 107 cm³/mol. The van der Waals surface area contributed by atoms with Crippen LogP contribution < -0.4 is 4.80 Å². The van der Waals surface area contributed by atoms with E-state index in [0.717, 1.165) is 22.6 Å². The maximum absolute atomic E-state index is 4.77. The molecule has 3 aromatic rings. The zero-order valence-corrected chi connectivity index (χ0v) is 15.7. The van der Waals surface area contributed by atoms with E-state index in [0.29, 0.717) is 0 Å². The summed E-state index contributed by atoms with van der Waals surface area (Å²) in [6.45, 7) is 7.06. The zero-order chi connectivity index (χ0) is 17.6. The van der Waals surface area contributed by atoms with Crippen molar-refractivity contribution >= 4 is 17.6 Å². The molecule has 0 N–H and O–H groups in total. The molecule has 25 heavy (non-hydrogen) atoms. The number of hydrogen-bond acceptors (Lipinski definition) is 3. The molecule has 1 heterocycles. The first-order valence-electron chi connectivity index (χ1n) is 8.56. The normalized spacial score (nSPS) is 13.5. The molecule has 3 rings (SSSR count). The van der Waals surface area contributed by atoms with Crippen LogP contribution in [0.3, 0.4) is 0 Å². The van der Waals surface area contributed by atoms with Crippen molar-refractivity contribution < 1.29 is 0 Å². The third-order valence-electron chi connectivity index (χ3n) is 4.06. The lowest BCUT2D eigenvalue weighted by atomic mass is 10.0. The molecule has 0 saturated carbocycles. The van der Waals surface area contributed by atoms with Gasteiger partial charge in [0.25, 0.3) is 0 Å². The molecule has 0 saturated heterocycles. The molecule has 0 fully saturated rings. The van der Waals surface area contributed by atoms with Gasteiger partial charge in [-0.1, -0.05) is 67.1 Å². The minimum Gasteiger partial charge on any atom is -0.258 e. The van der Waals surface area contributed by atoms with Crippen LogP contribution in [-0.4, -0.2) is 17.4 Å². The van der Waals surface area contributed by atoms with Gasteiger partial charge in [-0.15, -0.1) is 11.3 Å². The van der Waals surface area contributed by atoms with Crippen molar-refractivity contribution in [3.63, 3.8) is 0 Å². The van der Waals surface area contributed by atoms with Crippen molar-refractivity contribution in [2.24, 2.45) is 10.1 Å². The smallest absolute Gasteiger partial charge is 0.206 e. The molecule has 0 amide bonds. The van der Waals surface area contributed by atoms with Gasteiger partial charge in [0.15, 0.2) is 0 Å². The van der Waals surface area contributed by atoms with E-state index in [1.807, 2.05) is 23.9 Å². The second-order valence-electron chi connectivity index (χ2n) is 6.02. The average molecular weight is 350 g/mol. The third-order valence-corrected chi connectivity index (χ3v) is 4.91. The molecule has 0 bridgehead atoms. The highest BCUT2D eigenvalue weighted by atomic mass is 32.1. The molecule has 0 radical (unpaired) electrons. The Morgan fingerprint density at radius 2 is 1.80 bits per heavy atom. The van der Waals surface area contributed by atoms with Gasteiger partial charge in [-0.25, -0.2) is 4.68 Å². The Hall–Kier alpha value is -2.46. The van der Waals surface area contributed by atoms with Crippen LogP contribution in [0.5, 0.6) is 0 Å². The van der Waals surface area contributed by atoms with Gasteiger partial charge < -0.3 is 0 Å². The van der Waals surface area contributed by atoms with E-state index in [-0.39, 0.29) is 5.92 Å². The second kappa shape index (κ2) is 8.08. The second-order valence-corrected chi connectivity index (χ2v) is 6.86. The number of aromatic nitrogens is 1. The van der Waals surface area contributed by atoms with Crippen molar-refractivity contribution in [3.05, 3.63) is 75.9 Å². The lowest BCUT2D eigenvalue weighted by Gasteiger charge is -2.07. The third kappa shape index (κ3) is 4.15. The van der Waals surface area contributed by atoms with Crippen LogP contribution in [0.4, 0.5) is 0 Å². The number of hydrogen-bond donors (Lipinski definition) is 0. The monoisotopic (exact) mass is 349 g/mol. The van der Waals surface area contributed by atoms with Crippen LogP contribution in [0.2, 0.25) is 0 Å². The molecule has 2 aromatic carbocycles. The van der Waals surface area contributed by atoms with Crippen molar-refractivity contribution in [2.45, 2.75) is 26.7 Å². The topological polar surface area (TPSA) is 29.6 Å². The fraction of sp³-hybridized carbons (Fsp3) is 0.238. The van der Waals surface area contributed by atoms with Gasteiger partial charge in [0.05, 0.1) is 5.69 Å². The lowest BCUT2D eigenvalue weighted by molar-refractivity contribution is 0.822. The van der Waals surface area contributed by atoms with E-state index >= 15 is 0 Å². The van der Waals surface area contributed by atoms with Crippen LogP contribution in [0.25, 0.3) is 11.3 Å². The van der Waals surface area contributed by atoms with Gasteiger partial charge in [0, 0.05) is 29.6 Å². The summed E-state index contributed by atoms with van der Waals surface area (Å²) in [5.41, 5.74) is 4.75. The van der Waals surface area contributed by atoms with E-state index in [1.54, 1.807) is 11.3 Å². The highest BCUT2D eigenvalue weighted by Gasteiger charge is 2.08. The van der Waals surface area contributed by atoms with Gasteiger partial charge >= 0.3 is 0 Å². The van der Waals surface area contributed by atoms with Gasteiger partial charge in [0.2, 0.25) is 4.80 Å². The summed E-state index contributed by atoms with van der Waals surface area (Å²) in [5.74, 6) is 0.244. The highest BCUT2D eigenvalue weighted by Crippen LogP contribution is 2.21. The van der Waals surface area contributed by atoms with Crippen LogP contribution >= 0.6 is 11.3 Å². The number of nitrogens with zero attached hydrogens (tertiary/aromatic N) is 3. The number of benzene rings is 2. The summed E-state index contributed by atoms with van der Waals surface area (Å²) < 4.78 is 1.96. The van der Waals surface area contributed by atoms with Crippen molar-refractivity contribution in [3.8, 4) is 11.3 Å². The van der Waals surface area contributed by atoms with E-state index in [9.17, 15) is 0 Å². The Morgan fingerprint density at radius 3 is 2.48 bits per heavy atom. The predicted octanol–water partition coefficient (Wildman–Crippen LogP) is 5.08. The molecule has 128 valence electrons. The number of thiazole rings is 1. The van der Waals surface area contributed by atoms with Gasteiger partial charge in [-0.2, -0.15) is 5.10 Å². The van der Waals surface area contributed by atoms with Crippen LogP contribution in [0.15, 0.2) is 70.1 Å². The largest absolute Gasteiger partial charge is 0.258 e. The minimum atomic E-state index is 0.244. The molecule has 1 aromatic heterocycles. The fourth-order valence-corrected chi connectivity index (χ4v) is 3.49. The fourth-order valence-electron chi connectivity index (χ4n) is 2.59. The standard InChI is InChI=1S/C21H23N3S/c1-4-22-21-24(23-14-17(3)18-8-6-5-7-9-18)20(15-25-21)19-12-10-16(2)11-13-19/h5-15,17H,4H2,1-3H3. The summed E-state index contributed by atoms with van der Waals surface area (Å²) >= 11 is 1.63. The Kier molecular flexibility index (Phi) is 5.61. The number of aryl methyl sites for hydroxylation is 1. The van der Waals surface area contributed by atoms with Crippen molar-refractivity contribution in [1.29, 1.82) is 0 Å². The maximum Gasteiger partial charge on any atom is 0.206 e. The molecule has 0 aliphatic rings. The zero-order valence-electron chi connectivity index (χ0n) is 14.9. The summed E-state index contributed by atoms with van der Waals surface area (Å²) in [6.07, 6.45) is 1.99. The summed E-state index contributed by atoms with van der Waals surface area (Å²) in [6, 6.07) is 19.0. The Bertz CT molecular complexity index is 902. The molecular formula is C21H23N3S. The Labute approximate surface area is 153 Å². The van der Waals surface area contributed by atoms with Crippen molar-refractivity contribution in [2.75, 3.05) is 6.54 Å². The molecule has 0 spiro atoms. The molecule has 0 aliphatic carbocycles. The van der Waals surface area contributed by atoms with Gasteiger partial charge in [-0.3, -0.25) is 4.99 Å². The molecule has 1 atom stereocenters. The lowest BCUT2D eigenvalue weighted by Crippen LogP contribution is -2.13. The van der Waals surface area contributed by atoms with Gasteiger partial charge in [-0.05, 0) is 19.4 Å². The first kappa shape index (κ1) is 17.4. The Balaban J connectivity index is 1.99. The van der Waals surface area contributed by atoms with Gasteiger partial charge in [0.1, 0.15) is 0 Å². The molecule has 4 heteroatoms. The van der Waals surface area contributed by atoms with Crippen LogP contribution in [0, 0.1) is 6.92 Å². The van der Waals surface area contributed by atoms with Crippen molar-refractivity contribution in [1.82, 2.24) is 4.68 Å². The molecule has 3 nitrogen and oxygen atoms in total. The Morgan fingerprint density at radius 1 is 1.08 bits per heavy atom. The van der Waals surface area contributed by atoms with Crippen LogP contribution in [-0.2, 0) is 0 Å². The summed E-state index contributed by atoms with van der Waals surface area (Å²) in [4.78, 5) is 5.51. The SMILES string of the molecule is CCN=c1scc(-c2ccc(C)cc2)n1N=CC(C)c1ccccc1. The molecule has 1 unspecified atom stereocenters. The van der Waals surface area contributed by atoms with E-state index in [2.05, 4.69) is 72.8 Å². The van der Waals surface area contributed by atoms with E-state index in [1.165, 1.54) is 11.1 Å². The first-order chi connectivity index (χ1) is 12.2. The molecule has 0 aliphatic heterocycles. The maximum atomic E-state index is 4.77. The summed E-state index contributed by atoms with van der Waals surface area (Å²) in [5, 5.41) is 6.90. The first-order valence-corrected chi connectivity index (χ1v) is 9.44. The average Bonchev–Trinajstić information content (AvgIpc) is 3.04. The van der Waals surface area contributed by atoms with Crippen LogP contribution in [0.1, 0.15) is 30.9 Å². The van der Waals surface area contributed by atoms with E-state index < -0.39 is 0 Å². The molecular weight excluding hydrogens is 326 g/mol. The van der Waals surface area contributed by atoms with E-state index in [4.69, 9.17) is 5.10 Å².